The third-order valence-electron chi connectivity index (χ3n) is 2.28. The molecule has 116 valence electrons. The molecule has 0 spiro atoms. The lowest BCUT2D eigenvalue weighted by Crippen LogP contribution is -2.28. The largest absolute Gasteiger partial charge is 0.461 e. The van der Waals surface area contributed by atoms with Gasteiger partial charge >= 0.3 is 12.1 Å². The maximum absolute atomic E-state index is 11.8. The first-order valence-corrected chi connectivity index (χ1v) is 7.56. The number of rotatable bonds is 3. The molecule has 0 unspecified atom stereocenters. The second kappa shape index (κ2) is 7.06. The smallest absolute Gasteiger partial charge is 0.412 e. The molecule has 0 aromatic carbocycles. The highest BCUT2D eigenvalue weighted by atomic mass is 127. The van der Waals surface area contributed by atoms with E-state index in [1.807, 2.05) is 22.6 Å². The number of carbonyl (C=O) groups excluding carboxylic acids is 2. The summed E-state index contributed by atoms with van der Waals surface area (Å²) in [4.78, 5) is 27.6. The molecular weight excluding hydrogens is 387 g/mol. The number of hydrogen-bond acceptors (Lipinski definition) is 5. The van der Waals surface area contributed by atoms with Gasteiger partial charge in [-0.25, -0.2) is 14.6 Å². The van der Waals surface area contributed by atoms with Gasteiger partial charge < -0.3 is 9.47 Å². The number of anilines is 1. The van der Waals surface area contributed by atoms with Crippen LogP contribution in [0.25, 0.3) is 0 Å². The summed E-state index contributed by atoms with van der Waals surface area (Å²) in [5, 5.41) is 2.65. The van der Waals surface area contributed by atoms with Gasteiger partial charge in [0, 0.05) is 0 Å². The van der Waals surface area contributed by atoms with E-state index in [9.17, 15) is 9.59 Å². The summed E-state index contributed by atoms with van der Waals surface area (Å²) in [5.74, 6) is -0.484. The van der Waals surface area contributed by atoms with Gasteiger partial charge in [0.2, 0.25) is 0 Å². The minimum absolute atomic E-state index is 0.216. The van der Waals surface area contributed by atoms with E-state index in [2.05, 4.69) is 10.3 Å². The summed E-state index contributed by atoms with van der Waals surface area (Å²) in [7, 11) is 0. The summed E-state index contributed by atoms with van der Waals surface area (Å²) in [6.07, 6.45) is -0.561. The van der Waals surface area contributed by atoms with Crippen molar-refractivity contribution < 1.29 is 19.1 Å². The third-order valence-corrected chi connectivity index (χ3v) is 3.06. The van der Waals surface area contributed by atoms with Crippen molar-refractivity contribution in [2.24, 2.45) is 0 Å². The first-order chi connectivity index (χ1) is 9.64. The van der Waals surface area contributed by atoms with E-state index in [1.165, 1.54) is 0 Å². The number of pyridine rings is 1. The summed E-state index contributed by atoms with van der Waals surface area (Å²) in [6.45, 7) is 9.15. The Bertz CT molecular complexity index is 529. The number of nitrogens with zero attached hydrogens (tertiary/aromatic N) is 1. The van der Waals surface area contributed by atoms with Crippen LogP contribution in [-0.4, -0.2) is 29.3 Å². The number of hydrogen-bond donors (Lipinski definition) is 1. The molecule has 7 heteroatoms. The van der Waals surface area contributed by atoms with Crippen LogP contribution in [0.3, 0.4) is 0 Å². The van der Waals surface area contributed by atoms with E-state index >= 15 is 0 Å². The molecule has 0 aliphatic carbocycles. The van der Waals surface area contributed by atoms with E-state index in [4.69, 9.17) is 9.47 Å². The molecule has 0 aliphatic heterocycles. The first kappa shape index (κ1) is 17.7. The zero-order valence-corrected chi connectivity index (χ0v) is 14.9. The zero-order valence-electron chi connectivity index (χ0n) is 12.7. The average Bonchev–Trinajstić information content (AvgIpc) is 2.31. The van der Waals surface area contributed by atoms with Crippen molar-refractivity contribution in [3.05, 3.63) is 21.0 Å². The normalized spacial score (nSPS) is 11.0. The van der Waals surface area contributed by atoms with E-state index in [-0.39, 0.29) is 12.3 Å². The van der Waals surface area contributed by atoms with Crippen LogP contribution in [0.1, 0.15) is 43.7 Å². The van der Waals surface area contributed by atoms with Crippen molar-refractivity contribution in [3.63, 3.8) is 0 Å². The zero-order chi connectivity index (χ0) is 16.2. The number of halogens is 1. The summed E-state index contributed by atoms with van der Waals surface area (Å²) in [6, 6.07) is 1.58. The highest BCUT2D eigenvalue weighted by Crippen LogP contribution is 2.23. The Kier molecular flexibility index (Phi) is 5.94. The molecule has 0 aliphatic rings. The molecule has 0 bridgehead atoms. The van der Waals surface area contributed by atoms with Gasteiger partial charge in [-0.05, 0) is 68.8 Å². The molecule has 1 aromatic heterocycles. The standard InChI is InChI=1S/C14H19IN2O4/c1-6-20-12(18)9-7-8(2)10(11(15)16-9)17-13(19)21-14(3,4)5/h7H,6H2,1-5H3,(H,17,19). The van der Waals surface area contributed by atoms with Crippen molar-refractivity contribution in [2.45, 2.75) is 40.2 Å². The lowest BCUT2D eigenvalue weighted by Gasteiger charge is -2.20. The minimum atomic E-state index is -0.582. The molecule has 0 atom stereocenters. The second-order valence-electron chi connectivity index (χ2n) is 5.34. The van der Waals surface area contributed by atoms with E-state index in [0.717, 1.165) is 0 Å². The van der Waals surface area contributed by atoms with Crippen molar-refractivity contribution in [1.82, 2.24) is 4.98 Å². The quantitative estimate of drug-likeness (QED) is 0.472. The molecule has 1 rings (SSSR count). The van der Waals surface area contributed by atoms with Crippen LogP contribution in [-0.2, 0) is 9.47 Å². The Morgan fingerprint density at radius 1 is 1.38 bits per heavy atom. The number of aromatic nitrogens is 1. The number of aryl methyl sites for hydroxylation is 1. The Morgan fingerprint density at radius 2 is 2.00 bits per heavy atom. The highest BCUT2D eigenvalue weighted by Gasteiger charge is 2.20. The molecule has 6 nitrogen and oxygen atoms in total. The van der Waals surface area contributed by atoms with Gasteiger partial charge in [-0.2, -0.15) is 0 Å². The number of amides is 1. The number of esters is 1. The van der Waals surface area contributed by atoms with Crippen LogP contribution in [0.4, 0.5) is 10.5 Å². The topological polar surface area (TPSA) is 77.5 Å². The fourth-order valence-electron chi connectivity index (χ4n) is 1.50. The van der Waals surface area contributed by atoms with E-state index in [1.54, 1.807) is 40.7 Å². The average molecular weight is 406 g/mol. The molecular formula is C14H19IN2O4. The highest BCUT2D eigenvalue weighted by molar-refractivity contribution is 14.1. The predicted molar refractivity (Wildman–Crippen MR) is 87.5 cm³/mol. The van der Waals surface area contributed by atoms with Crippen LogP contribution in [0, 0.1) is 10.6 Å². The van der Waals surface area contributed by atoms with Gasteiger partial charge in [-0.3, -0.25) is 5.32 Å². The molecule has 1 heterocycles. The van der Waals surface area contributed by atoms with Gasteiger partial charge in [-0.15, -0.1) is 0 Å². The Balaban J connectivity index is 2.95. The van der Waals surface area contributed by atoms with E-state index < -0.39 is 17.7 Å². The van der Waals surface area contributed by atoms with Crippen LogP contribution in [0.5, 0.6) is 0 Å². The fraction of sp³-hybridized carbons (Fsp3) is 0.500. The first-order valence-electron chi connectivity index (χ1n) is 6.48. The van der Waals surface area contributed by atoms with Gasteiger partial charge in [0.1, 0.15) is 15.0 Å². The van der Waals surface area contributed by atoms with E-state index in [0.29, 0.717) is 15.0 Å². The minimum Gasteiger partial charge on any atom is -0.461 e. The van der Waals surface area contributed by atoms with Gasteiger partial charge in [0.15, 0.2) is 0 Å². The third kappa shape index (κ3) is 5.49. The molecule has 0 fully saturated rings. The van der Waals surface area contributed by atoms with Crippen molar-refractivity contribution in [1.29, 1.82) is 0 Å². The molecule has 0 radical (unpaired) electrons. The van der Waals surface area contributed by atoms with Crippen LogP contribution in [0.15, 0.2) is 6.07 Å². The summed E-state index contributed by atoms with van der Waals surface area (Å²) >= 11 is 1.95. The molecule has 1 amide bonds. The van der Waals surface area contributed by atoms with Crippen LogP contribution in [0.2, 0.25) is 0 Å². The van der Waals surface area contributed by atoms with Crippen molar-refractivity contribution >= 4 is 40.3 Å². The van der Waals surface area contributed by atoms with Gasteiger partial charge in [-0.1, -0.05) is 0 Å². The molecule has 21 heavy (non-hydrogen) atoms. The fourth-order valence-corrected chi connectivity index (χ4v) is 2.32. The Morgan fingerprint density at radius 3 is 2.48 bits per heavy atom. The van der Waals surface area contributed by atoms with Crippen LogP contribution >= 0.6 is 22.6 Å². The SMILES string of the molecule is CCOC(=O)c1cc(C)c(NC(=O)OC(C)(C)C)c(I)n1. The van der Waals surface area contributed by atoms with Crippen molar-refractivity contribution in [2.75, 3.05) is 11.9 Å². The molecule has 1 N–H and O–H groups in total. The number of ether oxygens (including phenoxy) is 2. The lowest BCUT2D eigenvalue weighted by atomic mass is 10.2. The lowest BCUT2D eigenvalue weighted by molar-refractivity contribution is 0.0518. The molecule has 1 aromatic rings. The summed E-state index contributed by atoms with van der Waals surface area (Å²) in [5.41, 5.74) is 0.872. The Labute approximate surface area is 137 Å². The van der Waals surface area contributed by atoms with Crippen LogP contribution < -0.4 is 5.32 Å². The maximum Gasteiger partial charge on any atom is 0.412 e. The predicted octanol–water partition coefficient (Wildman–Crippen LogP) is 3.52. The number of carbonyl (C=O) groups is 2. The maximum atomic E-state index is 11.8. The van der Waals surface area contributed by atoms with Gasteiger partial charge in [0.05, 0.1) is 12.3 Å². The van der Waals surface area contributed by atoms with Crippen molar-refractivity contribution in [3.8, 4) is 0 Å². The molecule has 0 saturated heterocycles. The number of nitrogens with one attached hydrogen (secondary N) is 1. The van der Waals surface area contributed by atoms with Gasteiger partial charge in [0.25, 0.3) is 0 Å². The monoisotopic (exact) mass is 406 g/mol. The Hall–Kier alpha value is -1.38. The second-order valence-corrected chi connectivity index (χ2v) is 6.36. The molecule has 0 saturated carbocycles. The summed E-state index contributed by atoms with van der Waals surface area (Å²) < 4.78 is 10.6.